The maximum atomic E-state index is 11.1. The lowest BCUT2D eigenvalue weighted by molar-refractivity contribution is -0.139. The van der Waals surface area contributed by atoms with Gasteiger partial charge in [-0.1, -0.05) is 13.8 Å². The third-order valence-electron chi connectivity index (χ3n) is 3.57. The van der Waals surface area contributed by atoms with Crippen molar-refractivity contribution in [1.29, 1.82) is 0 Å². The predicted molar refractivity (Wildman–Crippen MR) is 59.3 cm³/mol. The van der Waals surface area contributed by atoms with Crippen LogP contribution in [0.15, 0.2) is 12.5 Å². The lowest BCUT2D eigenvalue weighted by Gasteiger charge is -1.97. The summed E-state index contributed by atoms with van der Waals surface area (Å²) in [4.78, 5) is 26.5. The molecule has 2 heterocycles. The molecular weight excluding hydrogens is 220 g/mol. The number of fused-ring (bicyclic) bond motifs is 1. The van der Waals surface area contributed by atoms with Gasteiger partial charge in [0, 0.05) is 5.92 Å². The second-order valence-corrected chi connectivity index (χ2v) is 5.00. The normalized spacial score (nSPS) is 26.0. The lowest BCUT2D eigenvalue weighted by atomic mass is 10.1. The zero-order valence-electron chi connectivity index (χ0n) is 9.51. The van der Waals surface area contributed by atoms with Crippen LogP contribution in [0.2, 0.25) is 0 Å². The Morgan fingerprint density at radius 1 is 1.53 bits per heavy atom. The van der Waals surface area contributed by atoms with Gasteiger partial charge in [-0.15, -0.1) is 0 Å². The van der Waals surface area contributed by atoms with E-state index < -0.39 is 5.97 Å². The highest BCUT2D eigenvalue weighted by molar-refractivity contribution is 5.78. The van der Waals surface area contributed by atoms with Crippen molar-refractivity contribution >= 4 is 17.1 Å². The first-order valence-electron chi connectivity index (χ1n) is 5.40. The number of aromatic nitrogens is 4. The van der Waals surface area contributed by atoms with Gasteiger partial charge < -0.3 is 10.1 Å². The van der Waals surface area contributed by atoms with Gasteiger partial charge in [0.2, 0.25) is 0 Å². The Kier molecular flexibility index (Phi) is 1.81. The molecule has 2 unspecified atom stereocenters. The first-order valence-corrected chi connectivity index (χ1v) is 5.40. The molecule has 0 aliphatic heterocycles. The quantitative estimate of drug-likeness (QED) is 0.811. The number of nitrogens with one attached hydrogen (secondary N) is 1. The lowest BCUT2D eigenvalue weighted by Crippen LogP contribution is -2.03. The van der Waals surface area contributed by atoms with Crippen molar-refractivity contribution in [2.24, 2.45) is 11.3 Å². The summed E-state index contributed by atoms with van der Waals surface area (Å²) in [5.41, 5.74) is 1.07. The van der Waals surface area contributed by atoms with Crippen LogP contribution >= 0.6 is 0 Å². The summed E-state index contributed by atoms with van der Waals surface area (Å²) in [6, 6.07) is 0. The molecule has 3 rings (SSSR count). The van der Waals surface area contributed by atoms with Crippen molar-refractivity contribution in [3.63, 3.8) is 0 Å². The van der Waals surface area contributed by atoms with Crippen LogP contribution in [0.4, 0.5) is 0 Å². The molecule has 0 radical (unpaired) electrons. The number of carboxylic acids is 1. The number of hydrogen-bond donors (Lipinski definition) is 2. The van der Waals surface area contributed by atoms with Gasteiger partial charge >= 0.3 is 5.97 Å². The fourth-order valence-corrected chi connectivity index (χ4v) is 2.54. The molecule has 0 spiro atoms. The molecule has 2 N–H and O–H groups in total. The summed E-state index contributed by atoms with van der Waals surface area (Å²) >= 11 is 0. The smallest absolute Gasteiger partial charge is 0.307 e. The molecule has 2 aromatic rings. The minimum atomic E-state index is -0.772. The molecule has 6 nitrogen and oxygen atoms in total. The number of aromatic amines is 1. The van der Waals surface area contributed by atoms with E-state index >= 15 is 0 Å². The number of imidazole rings is 1. The first kappa shape index (κ1) is 10.2. The monoisotopic (exact) mass is 232 g/mol. The van der Waals surface area contributed by atoms with Crippen LogP contribution in [0.25, 0.3) is 11.2 Å². The highest BCUT2D eigenvalue weighted by Gasteiger charge is 2.64. The first-order chi connectivity index (χ1) is 8.01. The van der Waals surface area contributed by atoms with E-state index in [9.17, 15) is 4.79 Å². The van der Waals surface area contributed by atoms with Crippen LogP contribution in [-0.4, -0.2) is 31.0 Å². The largest absolute Gasteiger partial charge is 0.481 e. The Balaban J connectivity index is 2.03. The van der Waals surface area contributed by atoms with E-state index in [1.54, 1.807) is 6.20 Å². The summed E-state index contributed by atoms with van der Waals surface area (Å²) in [5.74, 6) is -0.533. The Hall–Kier alpha value is -1.98. The van der Waals surface area contributed by atoms with Crippen LogP contribution in [0.1, 0.15) is 25.6 Å². The topological polar surface area (TPSA) is 91.8 Å². The molecule has 0 aromatic carbocycles. The zero-order chi connectivity index (χ0) is 12.2. The number of rotatable bonds is 2. The van der Waals surface area contributed by atoms with Crippen molar-refractivity contribution in [2.75, 3.05) is 0 Å². The molecule has 1 aliphatic carbocycles. The van der Waals surface area contributed by atoms with Crippen molar-refractivity contribution in [3.8, 4) is 0 Å². The van der Waals surface area contributed by atoms with Crippen LogP contribution < -0.4 is 0 Å². The van der Waals surface area contributed by atoms with Crippen molar-refractivity contribution in [2.45, 2.75) is 19.8 Å². The number of hydrogen-bond acceptors (Lipinski definition) is 4. The predicted octanol–water partition coefficient (Wildman–Crippen LogP) is 1.18. The summed E-state index contributed by atoms with van der Waals surface area (Å²) in [5, 5.41) is 9.13. The molecule has 6 heteroatoms. The number of aliphatic carboxylic acids is 1. The average Bonchev–Trinajstić information content (AvgIpc) is 2.68. The molecule has 17 heavy (non-hydrogen) atoms. The maximum Gasteiger partial charge on any atom is 0.307 e. The third kappa shape index (κ3) is 1.33. The highest BCUT2D eigenvalue weighted by atomic mass is 16.4. The highest BCUT2D eigenvalue weighted by Crippen LogP contribution is 2.63. The summed E-state index contributed by atoms with van der Waals surface area (Å²) < 4.78 is 0. The molecule has 0 amide bonds. The van der Waals surface area contributed by atoms with Crippen LogP contribution in [0.5, 0.6) is 0 Å². The van der Waals surface area contributed by atoms with Crippen molar-refractivity contribution in [1.82, 2.24) is 19.9 Å². The minimum Gasteiger partial charge on any atom is -0.481 e. The van der Waals surface area contributed by atoms with Gasteiger partial charge in [-0.25, -0.2) is 15.0 Å². The van der Waals surface area contributed by atoms with E-state index in [-0.39, 0.29) is 17.3 Å². The van der Waals surface area contributed by atoms with Crippen molar-refractivity contribution < 1.29 is 9.90 Å². The molecule has 0 saturated heterocycles. The minimum absolute atomic E-state index is 0.0748. The van der Waals surface area contributed by atoms with Gasteiger partial charge in [-0.2, -0.15) is 0 Å². The molecule has 0 bridgehead atoms. The van der Waals surface area contributed by atoms with Gasteiger partial charge in [0.1, 0.15) is 17.7 Å². The van der Waals surface area contributed by atoms with Crippen molar-refractivity contribution in [3.05, 3.63) is 18.3 Å². The van der Waals surface area contributed by atoms with Gasteiger partial charge in [-0.3, -0.25) is 4.79 Å². The van der Waals surface area contributed by atoms with Gasteiger partial charge in [0.15, 0.2) is 5.65 Å². The van der Waals surface area contributed by atoms with Gasteiger partial charge in [0.25, 0.3) is 0 Å². The fourth-order valence-electron chi connectivity index (χ4n) is 2.54. The molecule has 1 fully saturated rings. The molecule has 88 valence electrons. The summed E-state index contributed by atoms with van der Waals surface area (Å²) in [6.45, 7) is 3.88. The molecule has 2 atom stereocenters. The van der Waals surface area contributed by atoms with Gasteiger partial charge in [-0.05, 0) is 5.41 Å². The molecule has 1 aliphatic rings. The number of carboxylic acid groups (broad SMARTS) is 1. The number of carbonyl (C=O) groups is 1. The van der Waals surface area contributed by atoms with E-state index in [2.05, 4.69) is 19.9 Å². The van der Waals surface area contributed by atoms with Gasteiger partial charge in [0.05, 0.1) is 12.1 Å². The molecule has 1 saturated carbocycles. The van der Waals surface area contributed by atoms with E-state index in [1.165, 1.54) is 6.33 Å². The Bertz CT molecular complexity index is 571. The van der Waals surface area contributed by atoms with E-state index in [4.69, 9.17) is 5.11 Å². The van der Waals surface area contributed by atoms with E-state index in [0.717, 1.165) is 5.52 Å². The molecule has 2 aromatic heterocycles. The SMILES string of the molecule is CC1(C)C(C(=O)O)C1c1nc2ncncc2[nH]1. The van der Waals surface area contributed by atoms with E-state index in [0.29, 0.717) is 11.5 Å². The maximum absolute atomic E-state index is 11.1. The van der Waals surface area contributed by atoms with Crippen LogP contribution in [0, 0.1) is 11.3 Å². The summed E-state index contributed by atoms with van der Waals surface area (Å²) in [6.07, 6.45) is 3.07. The Labute approximate surface area is 97.1 Å². The van der Waals surface area contributed by atoms with E-state index in [1.807, 2.05) is 13.8 Å². The zero-order valence-corrected chi connectivity index (χ0v) is 9.51. The second-order valence-electron chi connectivity index (χ2n) is 5.00. The fraction of sp³-hybridized carbons (Fsp3) is 0.455. The summed E-state index contributed by atoms with van der Waals surface area (Å²) in [7, 11) is 0. The number of H-pyrrole nitrogens is 1. The number of nitrogens with zero attached hydrogens (tertiary/aromatic N) is 3. The standard InChI is InChI=1S/C11H12N4O2/c1-11(2)6(7(11)10(16)17)9-14-5-3-12-4-13-8(5)15-9/h3-4,6-7H,1-2H3,(H,16,17)(H,12,13,14,15). The third-order valence-corrected chi connectivity index (χ3v) is 3.57. The Morgan fingerprint density at radius 2 is 2.29 bits per heavy atom. The van der Waals surface area contributed by atoms with Crippen LogP contribution in [0.3, 0.4) is 0 Å². The second kappa shape index (κ2) is 3.03. The Morgan fingerprint density at radius 3 is 2.88 bits per heavy atom. The average molecular weight is 232 g/mol. The van der Waals surface area contributed by atoms with Crippen LogP contribution in [-0.2, 0) is 4.79 Å². The molecular formula is C11H12N4O2.